The number of hydrogen-bond donors (Lipinski definition) is 3. The Balaban J connectivity index is 0.00000306. The molecule has 35 heavy (non-hydrogen) atoms. The number of hydrogen-bond acceptors (Lipinski definition) is 7. The number of nitrogens with two attached hydrogens (primary N) is 1. The third-order valence-corrected chi connectivity index (χ3v) is 5.69. The summed E-state index contributed by atoms with van der Waals surface area (Å²) in [4.78, 5) is 36.7. The number of primary amides is 1. The van der Waals surface area contributed by atoms with Crippen molar-refractivity contribution in [3.05, 3.63) is 41.7 Å². The molecule has 0 bridgehead atoms. The number of carbonyl (C=O) groups excluding carboxylic acids is 2. The third-order valence-electron chi connectivity index (χ3n) is 5.69. The van der Waals surface area contributed by atoms with E-state index in [4.69, 9.17) is 15.1 Å². The number of nitrogens with one attached hydrogen (secondary N) is 2. The fraction of sp³-hybridized carbons (Fsp3) is 0.583. The van der Waals surface area contributed by atoms with Gasteiger partial charge in [0.1, 0.15) is 23.0 Å². The summed E-state index contributed by atoms with van der Waals surface area (Å²) < 4.78 is 5.43. The molecule has 4 N–H and O–H groups in total. The van der Waals surface area contributed by atoms with Gasteiger partial charge in [0, 0.05) is 37.3 Å². The van der Waals surface area contributed by atoms with Gasteiger partial charge in [0.2, 0.25) is 5.91 Å². The number of anilines is 1. The quantitative estimate of drug-likeness (QED) is 0.479. The third kappa shape index (κ3) is 8.08. The Morgan fingerprint density at radius 1 is 1.29 bits per heavy atom. The van der Waals surface area contributed by atoms with Crippen LogP contribution in [0.2, 0.25) is 0 Å². The van der Waals surface area contributed by atoms with E-state index >= 15 is 0 Å². The summed E-state index contributed by atoms with van der Waals surface area (Å²) in [5.41, 5.74) is 5.69. The molecule has 0 saturated carbocycles. The minimum Gasteiger partial charge on any atom is -0.467 e. The second kappa shape index (κ2) is 13.1. The predicted molar refractivity (Wildman–Crippen MR) is 141 cm³/mol. The van der Waals surface area contributed by atoms with Crippen LogP contribution in [0.5, 0.6) is 0 Å². The van der Waals surface area contributed by atoms with Crippen molar-refractivity contribution in [1.29, 1.82) is 0 Å². The molecular formula is C24H38Cl2N6O3. The van der Waals surface area contributed by atoms with Crippen LogP contribution in [0.25, 0.3) is 0 Å². The first-order chi connectivity index (χ1) is 15.6. The second-order valence-corrected chi connectivity index (χ2v) is 10.1. The summed E-state index contributed by atoms with van der Waals surface area (Å²) in [5.74, 6) is 1.29. The van der Waals surface area contributed by atoms with Crippen LogP contribution in [0, 0.1) is 11.8 Å². The van der Waals surface area contributed by atoms with Gasteiger partial charge < -0.3 is 25.7 Å². The first-order valence-corrected chi connectivity index (χ1v) is 11.5. The van der Waals surface area contributed by atoms with Crippen LogP contribution in [-0.2, 0) is 16.8 Å². The lowest BCUT2D eigenvalue weighted by Crippen LogP contribution is -2.54. The molecule has 2 amide bonds. The summed E-state index contributed by atoms with van der Waals surface area (Å²) >= 11 is 0. The molecule has 2 aromatic heterocycles. The van der Waals surface area contributed by atoms with Gasteiger partial charge in [0.25, 0.3) is 5.91 Å². The summed E-state index contributed by atoms with van der Waals surface area (Å²) in [6.07, 6.45) is 3.76. The Bertz CT molecular complexity index is 963. The molecule has 2 atom stereocenters. The zero-order chi connectivity index (χ0) is 24.2. The van der Waals surface area contributed by atoms with Crippen LogP contribution < -0.4 is 16.4 Å². The highest BCUT2D eigenvalue weighted by Gasteiger charge is 2.34. The lowest BCUT2D eigenvalue weighted by atomic mass is 9.93. The van der Waals surface area contributed by atoms with E-state index in [2.05, 4.69) is 29.5 Å². The Hall–Kier alpha value is -2.36. The molecule has 0 aromatic carbocycles. The minimum absolute atomic E-state index is 0. The highest BCUT2D eigenvalue weighted by atomic mass is 35.5. The Morgan fingerprint density at radius 2 is 2.00 bits per heavy atom. The van der Waals surface area contributed by atoms with Gasteiger partial charge >= 0.3 is 0 Å². The van der Waals surface area contributed by atoms with E-state index in [0.717, 1.165) is 5.76 Å². The van der Waals surface area contributed by atoms with Gasteiger partial charge in [0.05, 0.1) is 18.7 Å². The normalized spacial score (nSPS) is 17.8. The molecule has 1 saturated heterocycles. The van der Waals surface area contributed by atoms with Crippen molar-refractivity contribution < 1.29 is 14.0 Å². The van der Waals surface area contributed by atoms with Crippen molar-refractivity contribution in [1.82, 2.24) is 20.2 Å². The van der Waals surface area contributed by atoms with E-state index in [1.807, 2.05) is 37.8 Å². The first-order valence-electron chi connectivity index (χ1n) is 11.5. The van der Waals surface area contributed by atoms with Crippen molar-refractivity contribution in [2.45, 2.75) is 59.0 Å². The van der Waals surface area contributed by atoms with Crippen LogP contribution in [0.3, 0.4) is 0 Å². The Kier molecular flexibility index (Phi) is 11.5. The number of aromatic nitrogens is 2. The largest absolute Gasteiger partial charge is 0.467 e. The van der Waals surface area contributed by atoms with Gasteiger partial charge in [-0.25, -0.2) is 9.97 Å². The average molecular weight is 530 g/mol. The zero-order valence-electron chi connectivity index (χ0n) is 21.0. The molecule has 0 spiro atoms. The maximum absolute atomic E-state index is 13.8. The molecule has 0 radical (unpaired) electrons. The second-order valence-electron chi connectivity index (χ2n) is 10.1. The smallest absolute Gasteiger partial charge is 0.259 e. The Labute approximate surface area is 219 Å². The first kappa shape index (κ1) is 30.7. The molecule has 9 nitrogen and oxygen atoms in total. The van der Waals surface area contributed by atoms with E-state index < -0.39 is 0 Å². The van der Waals surface area contributed by atoms with Crippen molar-refractivity contribution in [3.63, 3.8) is 0 Å². The van der Waals surface area contributed by atoms with Crippen molar-refractivity contribution >= 4 is 42.4 Å². The van der Waals surface area contributed by atoms with Gasteiger partial charge in [-0.3, -0.25) is 9.59 Å². The minimum atomic E-state index is -0.345. The highest BCUT2D eigenvalue weighted by molar-refractivity contribution is 5.98. The molecule has 0 unspecified atom stereocenters. The SMILES string of the molecule is CC(C)CN(C(=O)c1cnc(C(C)(C)C)nc1NCc1ccco1)[C@@H]1CNC[C@H](C(N)=O)C1.Cl.Cl. The predicted octanol–water partition coefficient (Wildman–Crippen LogP) is 3.38. The molecule has 1 aliphatic heterocycles. The molecule has 3 rings (SSSR count). The number of furan rings is 1. The number of carbonyl (C=O) groups is 2. The standard InChI is InChI=1S/C24H36N6O3.2ClH/c1-15(2)14-30(17-9-16(20(25)31)10-26-11-17)22(32)19-13-28-23(24(3,4)5)29-21(19)27-12-18-7-6-8-33-18;;/h6-8,13,15-17,26H,9-12,14H2,1-5H3,(H2,25,31)(H,27,28,29);2*1H/t16-,17+;;/m1../s1. The van der Waals surface area contributed by atoms with Gasteiger partial charge in [-0.2, -0.15) is 0 Å². The molecule has 1 fully saturated rings. The summed E-state index contributed by atoms with van der Waals surface area (Å²) in [6, 6.07) is 3.54. The molecule has 196 valence electrons. The van der Waals surface area contributed by atoms with Gasteiger partial charge in [0.15, 0.2) is 0 Å². The number of halogens is 2. The maximum Gasteiger partial charge on any atom is 0.259 e. The molecule has 0 aliphatic carbocycles. The maximum atomic E-state index is 13.8. The fourth-order valence-electron chi connectivity index (χ4n) is 3.94. The lowest BCUT2D eigenvalue weighted by molar-refractivity contribution is -0.122. The van der Waals surface area contributed by atoms with Crippen LogP contribution in [-0.4, -0.2) is 52.4 Å². The number of piperidine rings is 1. The Morgan fingerprint density at radius 3 is 2.57 bits per heavy atom. The molecule has 2 aromatic rings. The van der Waals surface area contributed by atoms with E-state index in [1.54, 1.807) is 12.5 Å². The monoisotopic (exact) mass is 528 g/mol. The summed E-state index contributed by atoms with van der Waals surface area (Å²) in [7, 11) is 0. The summed E-state index contributed by atoms with van der Waals surface area (Å²) in [6.45, 7) is 12.3. The lowest BCUT2D eigenvalue weighted by Gasteiger charge is -2.38. The number of rotatable bonds is 8. The summed E-state index contributed by atoms with van der Waals surface area (Å²) in [5, 5.41) is 6.52. The average Bonchev–Trinajstić information content (AvgIpc) is 3.28. The van der Waals surface area contributed by atoms with Crippen molar-refractivity contribution in [2.75, 3.05) is 25.0 Å². The molecular weight excluding hydrogens is 491 g/mol. The fourth-order valence-corrected chi connectivity index (χ4v) is 3.94. The number of amides is 2. The number of nitrogens with zero attached hydrogens (tertiary/aromatic N) is 3. The molecule has 11 heteroatoms. The van der Waals surface area contributed by atoms with Crippen LogP contribution in [0.1, 0.15) is 63.0 Å². The van der Waals surface area contributed by atoms with Crippen molar-refractivity contribution in [2.24, 2.45) is 17.6 Å². The highest BCUT2D eigenvalue weighted by Crippen LogP contribution is 2.25. The van der Waals surface area contributed by atoms with Crippen molar-refractivity contribution in [3.8, 4) is 0 Å². The van der Waals surface area contributed by atoms with Gasteiger partial charge in [-0.1, -0.05) is 34.6 Å². The van der Waals surface area contributed by atoms with Crippen LogP contribution in [0.4, 0.5) is 5.82 Å². The van der Waals surface area contributed by atoms with Crippen LogP contribution in [0.15, 0.2) is 29.0 Å². The van der Waals surface area contributed by atoms with E-state index in [-0.39, 0.29) is 59.9 Å². The van der Waals surface area contributed by atoms with Crippen LogP contribution >= 0.6 is 24.8 Å². The topological polar surface area (TPSA) is 126 Å². The van der Waals surface area contributed by atoms with Gasteiger partial charge in [-0.15, -0.1) is 24.8 Å². The van der Waals surface area contributed by atoms with Gasteiger partial charge in [-0.05, 0) is 24.5 Å². The van der Waals surface area contributed by atoms with E-state index in [1.165, 1.54) is 0 Å². The molecule has 3 heterocycles. The van der Waals surface area contributed by atoms with E-state index in [0.29, 0.717) is 49.8 Å². The zero-order valence-corrected chi connectivity index (χ0v) is 22.7. The molecule has 1 aliphatic rings. The van der Waals surface area contributed by atoms with E-state index in [9.17, 15) is 9.59 Å².